The quantitative estimate of drug-likeness (QED) is 0.922. The van der Waals surface area contributed by atoms with Crippen molar-refractivity contribution in [3.8, 4) is 11.8 Å². The van der Waals surface area contributed by atoms with Crippen molar-refractivity contribution in [2.45, 2.75) is 26.9 Å². The Morgan fingerprint density at radius 2 is 1.85 bits per heavy atom. The van der Waals surface area contributed by atoms with Gasteiger partial charge >= 0.3 is 0 Å². The van der Waals surface area contributed by atoms with Crippen LogP contribution in [0.3, 0.4) is 0 Å². The molecule has 1 atom stereocenters. The molecule has 2 aromatic rings. The second-order valence-corrected chi connectivity index (χ2v) is 4.46. The molecule has 0 bridgehead atoms. The van der Waals surface area contributed by atoms with Crippen molar-refractivity contribution in [3.63, 3.8) is 0 Å². The molecule has 108 valence electrons. The van der Waals surface area contributed by atoms with Crippen LogP contribution in [-0.4, -0.2) is 29.3 Å². The summed E-state index contributed by atoms with van der Waals surface area (Å²) in [6, 6.07) is 0. The Morgan fingerprint density at radius 3 is 2.35 bits per heavy atom. The van der Waals surface area contributed by atoms with Crippen LogP contribution in [0.1, 0.15) is 34.4 Å². The molecule has 1 N–H and O–H groups in total. The molecule has 2 rings (SSSR count). The zero-order valence-electron chi connectivity index (χ0n) is 12.2. The second-order valence-electron chi connectivity index (χ2n) is 4.46. The summed E-state index contributed by atoms with van der Waals surface area (Å²) >= 11 is 0. The van der Waals surface area contributed by atoms with Crippen molar-refractivity contribution in [2.24, 2.45) is 0 Å². The Morgan fingerprint density at radius 1 is 1.15 bits per heavy atom. The molecule has 0 saturated heterocycles. The predicted octanol–water partition coefficient (Wildman–Crippen LogP) is 2.09. The first-order valence-corrected chi connectivity index (χ1v) is 6.19. The van der Waals surface area contributed by atoms with E-state index in [4.69, 9.17) is 13.9 Å². The molecule has 6 nitrogen and oxygen atoms in total. The van der Waals surface area contributed by atoms with Crippen LogP contribution >= 0.6 is 0 Å². The molecule has 6 heteroatoms. The van der Waals surface area contributed by atoms with E-state index in [1.165, 1.54) is 20.4 Å². The van der Waals surface area contributed by atoms with Crippen molar-refractivity contribution in [1.29, 1.82) is 0 Å². The monoisotopic (exact) mass is 278 g/mol. The van der Waals surface area contributed by atoms with Gasteiger partial charge in [0.15, 0.2) is 0 Å². The number of furan rings is 1. The summed E-state index contributed by atoms with van der Waals surface area (Å²) in [4.78, 5) is 8.31. The van der Waals surface area contributed by atoms with E-state index in [1.54, 1.807) is 0 Å². The third-order valence-corrected chi connectivity index (χ3v) is 3.30. The fourth-order valence-corrected chi connectivity index (χ4v) is 2.15. The number of hydrogen-bond acceptors (Lipinski definition) is 6. The molecule has 0 aliphatic heterocycles. The number of nitrogens with zero attached hydrogens (tertiary/aromatic N) is 2. The maximum absolute atomic E-state index is 10.6. The van der Waals surface area contributed by atoms with Gasteiger partial charge in [-0.15, -0.1) is 0 Å². The van der Waals surface area contributed by atoms with E-state index in [1.807, 2.05) is 20.8 Å². The minimum absolute atomic E-state index is 0.231. The maximum atomic E-state index is 10.6. The van der Waals surface area contributed by atoms with Crippen LogP contribution in [0.5, 0.6) is 11.8 Å². The Kier molecular flexibility index (Phi) is 3.94. The first kappa shape index (κ1) is 14.3. The van der Waals surface area contributed by atoms with E-state index >= 15 is 0 Å². The molecule has 0 fully saturated rings. The summed E-state index contributed by atoms with van der Waals surface area (Å²) in [5.74, 6) is 1.99. The van der Waals surface area contributed by atoms with Crippen LogP contribution in [0.2, 0.25) is 0 Å². The smallest absolute Gasteiger partial charge is 0.241 e. The molecule has 0 radical (unpaired) electrons. The van der Waals surface area contributed by atoms with Gasteiger partial charge in [-0.25, -0.2) is 4.98 Å². The zero-order valence-corrected chi connectivity index (χ0v) is 12.2. The molecule has 0 aromatic carbocycles. The lowest BCUT2D eigenvalue weighted by Crippen LogP contribution is -2.08. The second kappa shape index (κ2) is 5.50. The number of aryl methyl sites for hydroxylation is 2. The highest BCUT2D eigenvalue weighted by Crippen LogP contribution is 2.34. The lowest BCUT2D eigenvalue weighted by atomic mass is 10.0. The molecule has 2 aromatic heterocycles. The Labute approximate surface area is 117 Å². The molecular formula is C14H18N2O4. The largest absolute Gasteiger partial charge is 0.480 e. The van der Waals surface area contributed by atoms with E-state index in [-0.39, 0.29) is 5.88 Å². The van der Waals surface area contributed by atoms with Gasteiger partial charge in [0.1, 0.15) is 23.3 Å². The summed E-state index contributed by atoms with van der Waals surface area (Å²) in [7, 11) is 2.97. The third-order valence-electron chi connectivity index (χ3n) is 3.30. The van der Waals surface area contributed by atoms with Crippen LogP contribution in [0.15, 0.2) is 10.6 Å². The predicted molar refractivity (Wildman–Crippen MR) is 72.1 cm³/mol. The Balaban J connectivity index is 2.50. The molecule has 0 saturated carbocycles. The molecule has 2 heterocycles. The van der Waals surface area contributed by atoms with E-state index in [0.717, 1.165) is 11.3 Å². The summed E-state index contributed by atoms with van der Waals surface area (Å²) in [5, 5.41) is 10.6. The molecule has 0 amide bonds. The van der Waals surface area contributed by atoms with Crippen molar-refractivity contribution in [2.75, 3.05) is 14.2 Å². The highest BCUT2D eigenvalue weighted by Gasteiger charge is 2.25. The average Bonchev–Trinajstić information content (AvgIpc) is 2.70. The maximum Gasteiger partial charge on any atom is 0.241 e. The van der Waals surface area contributed by atoms with Crippen LogP contribution in [0, 0.1) is 20.8 Å². The van der Waals surface area contributed by atoms with Crippen molar-refractivity contribution < 1.29 is 19.0 Å². The molecule has 0 spiro atoms. The Bertz CT molecular complexity index is 622. The van der Waals surface area contributed by atoms with Crippen LogP contribution in [0.25, 0.3) is 0 Å². The minimum Gasteiger partial charge on any atom is -0.480 e. The van der Waals surface area contributed by atoms with E-state index in [0.29, 0.717) is 22.9 Å². The van der Waals surface area contributed by atoms with Gasteiger partial charge in [-0.3, -0.25) is 0 Å². The van der Waals surface area contributed by atoms with Gasteiger partial charge in [0.05, 0.1) is 20.4 Å². The minimum atomic E-state index is -0.958. The zero-order chi connectivity index (χ0) is 14.9. The molecule has 0 aliphatic rings. The third kappa shape index (κ3) is 2.34. The number of aromatic nitrogens is 2. The fourth-order valence-electron chi connectivity index (χ4n) is 2.15. The molecular weight excluding hydrogens is 260 g/mol. The van der Waals surface area contributed by atoms with Gasteiger partial charge in [0.2, 0.25) is 11.8 Å². The number of hydrogen-bond donors (Lipinski definition) is 1. The fraction of sp³-hybridized carbons (Fsp3) is 0.429. The molecule has 20 heavy (non-hydrogen) atoms. The lowest BCUT2D eigenvalue weighted by molar-refractivity contribution is 0.204. The first-order chi connectivity index (χ1) is 9.49. The SMILES string of the molecule is COc1cnc(C(O)c2c(C)oc(C)c2C)c(OC)n1. The van der Waals surface area contributed by atoms with E-state index in [2.05, 4.69) is 9.97 Å². The van der Waals surface area contributed by atoms with Crippen LogP contribution in [0.4, 0.5) is 0 Å². The topological polar surface area (TPSA) is 77.6 Å². The van der Waals surface area contributed by atoms with Gasteiger partial charge in [-0.2, -0.15) is 4.98 Å². The highest BCUT2D eigenvalue weighted by molar-refractivity contribution is 5.40. The first-order valence-electron chi connectivity index (χ1n) is 6.19. The number of aliphatic hydroxyl groups is 1. The van der Waals surface area contributed by atoms with Crippen molar-refractivity contribution in [3.05, 3.63) is 34.5 Å². The number of methoxy groups -OCH3 is 2. The van der Waals surface area contributed by atoms with E-state index < -0.39 is 6.10 Å². The van der Waals surface area contributed by atoms with Gasteiger partial charge in [0, 0.05) is 5.56 Å². The van der Waals surface area contributed by atoms with Crippen molar-refractivity contribution in [1.82, 2.24) is 9.97 Å². The van der Waals surface area contributed by atoms with Gasteiger partial charge < -0.3 is 19.0 Å². The summed E-state index contributed by atoms with van der Waals surface area (Å²) in [6.45, 7) is 5.56. The van der Waals surface area contributed by atoms with Gasteiger partial charge in [0.25, 0.3) is 0 Å². The number of ether oxygens (including phenoxy) is 2. The van der Waals surface area contributed by atoms with E-state index in [9.17, 15) is 5.11 Å². The van der Waals surface area contributed by atoms with Crippen LogP contribution in [-0.2, 0) is 0 Å². The average molecular weight is 278 g/mol. The lowest BCUT2D eigenvalue weighted by Gasteiger charge is -2.14. The normalized spacial score (nSPS) is 12.3. The summed E-state index contributed by atoms with van der Waals surface area (Å²) < 4.78 is 15.7. The van der Waals surface area contributed by atoms with Crippen LogP contribution < -0.4 is 9.47 Å². The molecule has 1 unspecified atom stereocenters. The Hall–Kier alpha value is -2.08. The number of rotatable bonds is 4. The van der Waals surface area contributed by atoms with Crippen molar-refractivity contribution >= 4 is 0 Å². The summed E-state index contributed by atoms with van der Waals surface area (Å²) in [6.07, 6.45) is 0.486. The number of aliphatic hydroxyl groups excluding tert-OH is 1. The standard InChI is InChI=1S/C14H18N2O4/c1-7-8(2)20-9(3)11(7)13(17)12-14(19-5)16-10(18-4)6-15-12/h6,13,17H,1-5H3. The van der Waals surface area contributed by atoms with Gasteiger partial charge in [-0.1, -0.05) is 0 Å². The van der Waals surface area contributed by atoms with Gasteiger partial charge in [-0.05, 0) is 26.3 Å². The molecule has 0 aliphatic carbocycles. The summed E-state index contributed by atoms with van der Waals surface area (Å²) in [5.41, 5.74) is 1.93. The highest BCUT2D eigenvalue weighted by atomic mass is 16.5.